The molecule has 2 aromatic rings. The van der Waals surface area contributed by atoms with Crippen LogP contribution in [0, 0.1) is 0 Å². The standard InChI is InChI=1S/C24H30N2O3/c1-18-17-26(14-13-20-11-12-21(29-2)15-22(18)20)24(28)10-6-9-23(27)25-16-19-7-4-3-5-8-19/h3-5,7-8,11-12,15,18H,6,9-10,13-14,16-17H2,1-2H3,(H,25,27). The normalized spacial score (nSPS) is 15.9. The van der Waals surface area contributed by atoms with Gasteiger partial charge in [0.1, 0.15) is 5.75 Å². The van der Waals surface area contributed by atoms with E-state index in [0.29, 0.717) is 32.4 Å². The van der Waals surface area contributed by atoms with E-state index in [9.17, 15) is 9.59 Å². The van der Waals surface area contributed by atoms with Crippen LogP contribution >= 0.6 is 0 Å². The lowest BCUT2D eigenvalue weighted by molar-refractivity contribution is -0.131. The number of hydrogen-bond acceptors (Lipinski definition) is 3. The van der Waals surface area contributed by atoms with Crippen molar-refractivity contribution >= 4 is 11.8 Å². The van der Waals surface area contributed by atoms with E-state index in [4.69, 9.17) is 4.74 Å². The zero-order chi connectivity index (χ0) is 20.6. The van der Waals surface area contributed by atoms with Crippen molar-refractivity contribution in [2.75, 3.05) is 20.2 Å². The minimum atomic E-state index is -0.00890. The lowest BCUT2D eigenvalue weighted by Gasteiger charge is -2.23. The van der Waals surface area contributed by atoms with E-state index in [2.05, 4.69) is 24.4 Å². The van der Waals surface area contributed by atoms with Gasteiger partial charge in [0.15, 0.2) is 0 Å². The second-order valence-corrected chi connectivity index (χ2v) is 7.67. The summed E-state index contributed by atoms with van der Waals surface area (Å²) < 4.78 is 5.35. The highest BCUT2D eigenvalue weighted by molar-refractivity contribution is 5.79. The maximum Gasteiger partial charge on any atom is 0.222 e. The maximum atomic E-state index is 12.7. The van der Waals surface area contributed by atoms with Crippen LogP contribution in [-0.4, -0.2) is 36.9 Å². The molecule has 0 saturated heterocycles. The van der Waals surface area contributed by atoms with Gasteiger partial charge in [-0.3, -0.25) is 9.59 Å². The van der Waals surface area contributed by atoms with E-state index >= 15 is 0 Å². The molecule has 5 heteroatoms. The topological polar surface area (TPSA) is 58.6 Å². The molecule has 2 aromatic carbocycles. The molecule has 1 aliphatic rings. The summed E-state index contributed by atoms with van der Waals surface area (Å²) in [5.41, 5.74) is 3.63. The Kier molecular flexibility index (Phi) is 7.28. The van der Waals surface area contributed by atoms with Crippen LogP contribution in [0.5, 0.6) is 5.75 Å². The van der Waals surface area contributed by atoms with Crippen LogP contribution in [0.4, 0.5) is 0 Å². The number of carbonyl (C=O) groups excluding carboxylic acids is 2. The third-order valence-electron chi connectivity index (χ3n) is 5.51. The third-order valence-corrected chi connectivity index (χ3v) is 5.51. The van der Waals surface area contributed by atoms with Crippen molar-refractivity contribution in [1.29, 1.82) is 0 Å². The Morgan fingerprint density at radius 1 is 1.14 bits per heavy atom. The van der Waals surface area contributed by atoms with Gasteiger partial charge in [-0.1, -0.05) is 43.3 Å². The van der Waals surface area contributed by atoms with Gasteiger partial charge < -0.3 is 15.0 Å². The van der Waals surface area contributed by atoms with Crippen molar-refractivity contribution in [3.05, 3.63) is 65.2 Å². The van der Waals surface area contributed by atoms with Crippen LogP contribution in [0.2, 0.25) is 0 Å². The number of benzene rings is 2. The number of nitrogens with one attached hydrogen (secondary N) is 1. The van der Waals surface area contributed by atoms with Gasteiger partial charge >= 0.3 is 0 Å². The number of fused-ring (bicyclic) bond motifs is 1. The van der Waals surface area contributed by atoms with Crippen molar-refractivity contribution in [3.8, 4) is 5.75 Å². The molecule has 0 aliphatic carbocycles. The molecule has 0 bridgehead atoms. The lowest BCUT2D eigenvalue weighted by atomic mass is 9.95. The predicted molar refractivity (Wildman–Crippen MR) is 114 cm³/mol. The molecule has 1 unspecified atom stereocenters. The quantitative estimate of drug-likeness (QED) is 0.780. The van der Waals surface area contributed by atoms with Gasteiger partial charge in [0.05, 0.1) is 7.11 Å². The summed E-state index contributed by atoms with van der Waals surface area (Å²) in [5.74, 6) is 1.25. The number of nitrogens with zero attached hydrogens (tertiary/aromatic N) is 1. The molecule has 1 heterocycles. The van der Waals surface area contributed by atoms with Crippen LogP contribution in [-0.2, 0) is 22.6 Å². The Morgan fingerprint density at radius 2 is 1.93 bits per heavy atom. The van der Waals surface area contributed by atoms with Crippen LogP contribution in [0.15, 0.2) is 48.5 Å². The Balaban J connectivity index is 1.44. The number of carbonyl (C=O) groups is 2. The number of hydrogen-bond donors (Lipinski definition) is 1. The first-order valence-electron chi connectivity index (χ1n) is 10.3. The zero-order valence-electron chi connectivity index (χ0n) is 17.3. The molecule has 0 saturated carbocycles. The molecule has 1 aliphatic heterocycles. The molecule has 0 spiro atoms. The fraction of sp³-hybridized carbons (Fsp3) is 0.417. The Morgan fingerprint density at radius 3 is 2.69 bits per heavy atom. The molecule has 29 heavy (non-hydrogen) atoms. The summed E-state index contributed by atoms with van der Waals surface area (Å²) in [4.78, 5) is 26.7. The molecule has 1 atom stereocenters. The second-order valence-electron chi connectivity index (χ2n) is 7.67. The van der Waals surface area contributed by atoms with Gasteiger partial charge in [-0.25, -0.2) is 0 Å². The summed E-state index contributed by atoms with van der Waals surface area (Å²) >= 11 is 0. The molecule has 0 fully saturated rings. The fourth-order valence-corrected chi connectivity index (χ4v) is 3.83. The summed E-state index contributed by atoms with van der Waals surface area (Å²) in [6.45, 7) is 4.11. The molecular formula is C24H30N2O3. The van der Waals surface area contributed by atoms with E-state index in [1.165, 1.54) is 11.1 Å². The van der Waals surface area contributed by atoms with Crippen molar-refractivity contribution in [2.45, 2.75) is 45.1 Å². The molecule has 0 aromatic heterocycles. The summed E-state index contributed by atoms with van der Waals surface area (Å²) in [5, 5.41) is 2.92. The number of rotatable bonds is 7. The van der Waals surface area contributed by atoms with Crippen LogP contribution in [0.1, 0.15) is 48.8 Å². The third kappa shape index (κ3) is 5.83. The van der Waals surface area contributed by atoms with Gasteiger partial charge in [-0.05, 0) is 47.6 Å². The van der Waals surface area contributed by atoms with Gasteiger partial charge in [0.2, 0.25) is 11.8 Å². The minimum Gasteiger partial charge on any atom is -0.497 e. The first-order chi connectivity index (χ1) is 14.1. The SMILES string of the molecule is COc1ccc2c(c1)C(C)CN(C(=O)CCCC(=O)NCc1ccccc1)CC2. The average Bonchev–Trinajstić information content (AvgIpc) is 2.91. The van der Waals surface area contributed by atoms with Gasteiger partial charge in [0, 0.05) is 32.5 Å². The highest BCUT2D eigenvalue weighted by Gasteiger charge is 2.23. The first-order valence-corrected chi connectivity index (χ1v) is 10.3. The van der Waals surface area contributed by atoms with Gasteiger partial charge in [-0.2, -0.15) is 0 Å². The van der Waals surface area contributed by atoms with Crippen LogP contribution in [0.25, 0.3) is 0 Å². The Hall–Kier alpha value is -2.82. The average molecular weight is 395 g/mol. The summed E-state index contributed by atoms with van der Waals surface area (Å²) in [6, 6.07) is 16.0. The highest BCUT2D eigenvalue weighted by Crippen LogP contribution is 2.29. The zero-order valence-corrected chi connectivity index (χ0v) is 17.3. The number of methoxy groups -OCH3 is 1. The van der Waals surface area contributed by atoms with Crippen LogP contribution < -0.4 is 10.1 Å². The fourth-order valence-electron chi connectivity index (χ4n) is 3.83. The van der Waals surface area contributed by atoms with Crippen molar-refractivity contribution < 1.29 is 14.3 Å². The molecule has 2 amide bonds. The van der Waals surface area contributed by atoms with Crippen LogP contribution in [0.3, 0.4) is 0 Å². The molecular weight excluding hydrogens is 364 g/mol. The predicted octanol–water partition coefficient (Wildman–Crippen LogP) is 3.67. The number of amides is 2. The molecule has 1 N–H and O–H groups in total. The Bertz CT molecular complexity index is 835. The van der Waals surface area contributed by atoms with E-state index in [1.807, 2.05) is 41.3 Å². The van der Waals surface area contributed by atoms with E-state index < -0.39 is 0 Å². The monoisotopic (exact) mass is 394 g/mol. The molecule has 0 radical (unpaired) electrons. The van der Waals surface area contributed by atoms with E-state index in [0.717, 1.165) is 24.3 Å². The first kappa shape index (κ1) is 20.9. The van der Waals surface area contributed by atoms with Crippen molar-refractivity contribution in [1.82, 2.24) is 10.2 Å². The largest absolute Gasteiger partial charge is 0.497 e. The summed E-state index contributed by atoms with van der Waals surface area (Å²) in [6.07, 6.45) is 2.21. The van der Waals surface area contributed by atoms with Gasteiger partial charge in [-0.15, -0.1) is 0 Å². The number of ether oxygens (including phenoxy) is 1. The van der Waals surface area contributed by atoms with Crippen molar-refractivity contribution in [3.63, 3.8) is 0 Å². The summed E-state index contributed by atoms with van der Waals surface area (Å²) in [7, 11) is 1.68. The molecule has 3 rings (SSSR count). The van der Waals surface area contributed by atoms with Crippen molar-refractivity contribution in [2.24, 2.45) is 0 Å². The molecule has 5 nitrogen and oxygen atoms in total. The van der Waals surface area contributed by atoms with Gasteiger partial charge in [0.25, 0.3) is 0 Å². The Labute approximate surface area is 173 Å². The second kappa shape index (κ2) is 10.1. The highest BCUT2D eigenvalue weighted by atomic mass is 16.5. The maximum absolute atomic E-state index is 12.7. The molecule has 154 valence electrons. The lowest BCUT2D eigenvalue weighted by Crippen LogP contribution is -2.34. The van der Waals surface area contributed by atoms with E-state index in [1.54, 1.807) is 7.11 Å². The minimum absolute atomic E-state index is 0.00890. The smallest absolute Gasteiger partial charge is 0.222 e. The van der Waals surface area contributed by atoms with E-state index in [-0.39, 0.29) is 17.7 Å².